The summed E-state index contributed by atoms with van der Waals surface area (Å²) in [4.78, 5) is 2.03. The SMILES string of the molecule is Fc1ccc(Sc2ccccc2Cl)c(C2=CCNCC2)c1. The van der Waals surface area contributed by atoms with Crippen molar-refractivity contribution in [2.75, 3.05) is 13.1 Å². The Balaban J connectivity index is 1.98. The summed E-state index contributed by atoms with van der Waals surface area (Å²) in [6.07, 6.45) is 3.05. The molecule has 4 heteroatoms. The predicted molar refractivity (Wildman–Crippen MR) is 87.4 cm³/mol. The van der Waals surface area contributed by atoms with Gasteiger partial charge in [0.25, 0.3) is 0 Å². The van der Waals surface area contributed by atoms with Crippen LogP contribution in [0.1, 0.15) is 12.0 Å². The Morgan fingerprint density at radius 1 is 1.10 bits per heavy atom. The summed E-state index contributed by atoms with van der Waals surface area (Å²) in [6.45, 7) is 1.76. The van der Waals surface area contributed by atoms with E-state index in [0.29, 0.717) is 0 Å². The molecule has 0 radical (unpaired) electrons. The molecular weight excluding hydrogens is 305 g/mol. The molecule has 0 bridgehead atoms. The van der Waals surface area contributed by atoms with Crippen LogP contribution in [-0.2, 0) is 0 Å². The molecule has 1 heterocycles. The minimum Gasteiger partial charge on any atom is -0.313 e. The van der Waals surface area contributed by atoms with Crippen molar-refractivity contribution in [1.82, 2.24) is 5.32 Å². The molecule has 3 rings (SSSR count). The van der Waals surface area contributed by atoms with Crippen molar-refractivity contribution in [3.8, 4) is 0 Å². The van der Waals surface area contributed by atoms with Gasteiger partial charge in [-0.15, -0.1) is 0 Å². The lowest BCUT2D eigenvalue weighted by Gasteiger charge is -2.17. The van der Waals surface area contributed by atoms with Crippen LogP contribution in [0.15, 0.2) is 58.3 Å². The number of rotatable bonds is 3. The smallest absolute Gasteiger partial charge is 0.123 e. The highest BCUT2D eigenvalue weighted by molar-refractivity contribution is 7.99. The Hall–Kier alpha value is -1.29. The van der Waals surface area contributed by atoms with E-state index in [9.17, 15) is 4.39 Å². The van der Waals surface area contributed by atoms with Crippen LogP contribution >= 0.6 is 23.4 Å². The molecule has 0 unspecified atom stereocenters. The summed E-state index contributed by atoms with van der Waals surface area (Å²) in [5.74, 6) is -0.201. The first kappa shape index (κ1) is 14.6. The van der Waals surface area contributed by atoms with Crippen LogP contribution in [0.3, 0.4) is 0 Å². The average molecular weight is 320 g/mol. The molecule has 0 atom stereocenters. The molecule has 0 saturated carbocycles. The van der Waals surface area contributed by atoms with E-state index >= 15 is 0 Å². The van der Waals surface area contributed by atoms with E-state index in [0.717, 1.165) is 39.9 Å². The van der Waals surface area contributed by atoms with Gasteiger partial charge in [0.05, 0.1) is 5.02 Å². The second-order valence-corrected chi connectivity index (χ2v) is 6.35. The third kappa shape index (κ3) is 3.49. The zero-order valence-corrected chi connectivity index (χ0v) is 13.0. The Labute approximate surface area is 133 Å². The van der Waals surface area contributed by atoms with E-state index in [1.54, 1.807) is 17.8 Å². The lowest BCUT2D eigenvalue weighted by molar-refractivity contribution is 0.625. The fourth-order valence-electron chi connectivity index (χ4n) is 2.36. The molecular formula is C17H15ClFNS. The van der Waals surface area contributed by atoms with E-state index < -0.39 is 0 Å². The summed E-state index contributed by atoms with van der Waals surface area (Å²) in [5.41, 5.74) is 2.17. The van der Waals surface area contributed by atoms with E-state index in [1.807, 2.05) is 30.3 Å². The number of halogens is 2. The van der Waals surface area contributed by atoms with Gasteiger partial charge in [-0.3, -0.25) is 0 Å². The molecule has 0 saturated heterocycles. The van der Waals surface area contributed by atoms with Gasteiger partial charge < -0.3 is 5.32 Å². The summed E-state index contributed by atoms with van der Waals surface area (Å²) >= 11 is 7.81. The predicted octanol–water partition coefficient (Wildman–Crippen LogP) is 5.01. The standard InChI is InChI=1S/C17H15ClFNS/c18-15-3-1-2-4-17(15)21-16-6-5-13(19)11-14(16)12-7-9-20-10-8-12/h1-7,11,20H,8-10H2. The summed E-state index contributed by atoms with van der Waals surface area (Å²) in [7, 11) is 0. The van der Waals surface area contributed by atoms with Gasteiger partial charge in [0.2, 0.25) is 0 Å². The van der Waals surface area contributed by atoms with Crippen LogP contribution < -0.4 is 5.32 Å². The van der Waals surface area contributed by atoms with Gasteiger partial charge in [0, 0.05) is 16.3 Å². The summed E-state index contributed by atoms with van der Waals surface area (Å²) in [5, 5.41) is 4.00. The first-order valence-electron chi connectivity index (χ1n) is 6.86. The Kier molecular flexibility index (Phi) is 4.63. The zero-order valence-electron chi connectivity index (χ0n) is 11.4. The highest BCUT2D eigenvalue weighted by Gasteiger charge is 2.13. The topological polar surface area (TPSA) is 12.0 Å². The molecule has 1 aliphatic rings. The zero-order chi connectivity index (χ0) is 14.7. The number of benzene rings is 2. The molecule has 0 aromatic heterocycles. The van der Waals surface area contributed by atoms with Crippen LogP contribution in [0.2, 0.25) is 5.02 Å². The lowest BCUT2D eigenvalue weighted by atomic mass is 10.0. The quantitative estimate of drug-likeness (QED) is 0.853. The van der Waals surface area contributed by atoms with Crippen molar-refractivity contribution in [2.45, 2.75) is 16.2 Å². The molecule has 1 N–H and O–H groups in total. The molecule has 0 fully saturated rings. The third-order valence-electron chi connectivity index (χ3n) is 3.41. The molecule has 1 aliphatic heterocycles. The van der Waals surface area contributed by atoms with Crippen molar-refractivity contribution in [3.05, 3.63) is 64.9 Å². The van der Waals surface area contributed by atoms with E-state index in [2.05, 4.69) is 11.4 Å². The molecule has 0 spiro atoms. The van der Waals surface area contributed by atoms with Crippen LogP contribution in [0.25, 0.3) is 5.57 Å². The Morgan fingerprint density at radius 3 is 2.71 bits per heavy atom. The van der Waals surface area contributed by atoms with Crippen molar-refractivity contribution in [2.24, 2.45) is 0 Å². The van der Waals surface area contributed by atoms with Crippen LogP contribution in [0.5, 0.6) is 0 Å². The Morgan fingerprint density at radius 2 is 1.95 bits per heavy atom. The molecule has 0 amide bonds. The maximum absolute atomic E-state index is 13.6. The Bertz CT molecular complexity index is 684. The molecule has 21 heavy (non-hydrogen) atoms. The fourth-order valence-corrected chi connectivity index (χ4v) is 3.59. The maximum Gasteiger partial charge on any atom is 0.123 e. The van der Waals surface area contributed by atoms with Crippen molar-refractivity contribution < 1.29 is 4.39 Å². The highest BCUT2D eigenvalue weighted by atomic mass is 35.5. The van der Waals surface area contributed by atoms with Gasteiger partial charge in [0.1, 0.15) is 5.82 Å². The van der Waals surface area contributed by atoms with Crippen molar-refractivity contribution >= 4 is 28.9 Å². The largest absolute Gasteiger partial charge is 0.313 e. The van der Waals surface area contributed by atoms with Gasteiger partial charge in [-0.1, -0.05) is 41.6 Å². The van der Waals surface area contributed by atoms with Crippen LogP contribution in [0.4, 0.5) is 4.39 Å². The average Bonchev–Trinajstić information content (AvgIpc) is 2.52. The normalized spacial score (nSPS) is 14.9. The molecule has 1 nitrogen and oxygen atoms in total. The fraction of sp³-hybridized carbons (Fsp3) is 0.176. The van der Waals surface area contributed by atoms with Gasteiger partial charge in [-0.05, 0) is 54.4 Å². The van der Waals surface area contributed by atoms with Gasteiger partial charge in [-0.25, -0.2) is 4.39 Å². The molecule has 108 valence electrons. The first-order valence-corrected chi connectivity index (χ1v) is 8.05. The van der Waals surface area contributed by atoms with Gasteiger partial charge in [0.15, 0.2) is 0 Å². The monoisotopic (exact) mass is 319 g/mol. The minimum atomic E-state index is -0.201. The van der Waals surface area contributed by atoms with Crippen molar-refractivity contribution in [3.63, 3.8) is 0 Å². The molecule has 2 aromatic carbocycles. The van der Waals surface area contributed by atoms with E-state index in [4.69, 9.17) is 11.6 Å². The summed E-state index contributed by atoms with van der Waals surface area (Å²) in [6, 6.07) is 12.7. The first-order chi connectivity index (χ1) is 10.2. The van der Waals surface area contributed by atoms with Gasteiger partial charge in [-0.2, -0.15) is 0 Å². The van der Waals surface area contributed by atoms with Gasteiger partial charge >= 0.3 is 0 Å². The number of nitrogens with one attached hydrogen (secondary N) is 1. The van der Waals surface area contributed by atoms with Crippen LogP contribution in [-0.4, -0.2) is 13.1 Å². The minimum absolute atomic E-state index is 0.201. The second kappa shape index (κ2) is 6.65. The van der Waals surface area contributed by atoms with E-state index in [-0.39, 0.29) is 5.82 Å². The molecule has 2 aromatic rings. The third-order valence-corrected chi connectivity index (χ3v) is 5.00. The number of hydrogen-bond donors (Lipinski definition) is 1. The summed E-state index contributed by atoms with van der Waals surface area (Å²) < 4.78 is 13.6. The van der Waals surface area contributed by atoms with E-state index in [1.165, 1.54) is 11.6 Å². The van der Waals surface area contributed by atoms with Crippen molar-refractivity contribution in [1.29, 1.82) is 0 Å². The second-order valence-electron chi connectivity index (χ2n) is 4.86. The molecule has 0 aliphatic carbocycles. The number of hydrogen-bond acceptors (Lipinski definition) is 2. The maximum atomic E-state index is 13.6. The highest BCUT2D eigenvalue weighted by Crippen LogP contribution is 2.38. The lowest BCUT2D eigenvalue weighted by Crippen LogP contribution is -2.20. The van der Waals surface area contributed by atoms with Crippen LogP contribution in [0, 0.1) is 5.82 Å².